The van der Waals surface area contributed by atoms with Gasteiger partial charge in [-0.3, -0.25) is 0 Å². The lowest BCUT2D eigenvalue weighted by molar-refractivity contribution is 0.136. The van der Waals surface area contributed by atoms with Crippen molar-refractivity contribution >= 4 is 20.9 Å². The minimum absolute atomic E-state index is 0.0124. The van der Waals surface area contributed by atoms with Crippen LogP contribution in [0.5, 0.6) is 5.75 Å². The Bertz CT molecular complexity index is 1140. The summed E-state index contributed by atoms with van der Waals surface area (Å²) in [6.45, 7) is 2.41. The van der Waals surface area contributed by atoms with Gasteiger partial charge in [-0.15, -0.1) is 0 Å². The highest BCUT2D eigenvalue weighted by Crippen LogP contribution is 2.33. The maximum atomic E-state index is 12.8. The summed E-state index contributed by atoms with van der Waals surface area (Å²) in [5.41, 5.74) is 1.15. The molecule has 0 amide bonds. The number of imidazole rings is 1. The minimum atomic E-state index is -3.57. The molecule has 30 heavy (non-hydrogen) atoms. The maximum absolute atomic E-state index is 12.8. The highest BCUT2D eigenvalue weighted by Gasteiger charge is 2.32. The van der Waals surface area contributed by atoms with Crippen molar-refractivity contribution in [2.75, 3.05) is 26.3 Å². The van der Waals surface area contributed by atoms with Crippen LogP contribution < -0.4 is 4.74 Å². The second kappa shape index (κ2) is 7.72. The molecular weight excluding hydrogens is 404 g/mol. The SMILES string of the molecule is Cn1ccnc1S(=O)(=O)N1CCC(Oc2cccc3c2ccn3C2CCOC2)CC1. The molecule has 9 heteroatoms. The van der Waals surface area contributed by atoms with Crippen LogP contribution in [-0.2, 0) is 21.8 Å². The molecule has 0 aliphatic carbocycles. The Labute approximate surface area is 176 Å². The average Bonchev–Trinajstić information content (AvgIpc) is 3.49. The van der Waals surface area contributed by atoms with Crippen molar-refractivity contribution in [2.24, 2.45) is 7.05 Å². The molecular formula is C21H26N4O4S. The van der Waals surface area contributed by atoms with E-state index in [1.54, 1.807) is 17.8 Å². The van der Waals surface area contributed by atoms with Gasteiger partial charge < -0.3 is 18.6 Å². The molecule has 8 nitrogen and oxygen atoms in total. The monoisotopic (exact) mass is 430 g/mol. The average molecular weight is 431 g/mol. The van der Waals surface area contributed by atoms with Gasteiger partial charge in [0.1, 0.15) is 11.9 Å². The zero-order valence-corrected chi connectivity index (χ0v) is 17.8. The van der Waals surface area contributed by atoms with Gasteiger partial charge >= 0.3 is 0 Å². The van der Waals surface area contributed by atoms with Crippen molar-refractivity contribution in [2.45, 2.75) is 36.6 Å². The third kappa shape index (κ3) is 3.40. The van der Waals surface area contributed by atoms with Gasteiger partial charge in [0.15, 0.2) is 0 Å². The van der Waals surface area contributed by atoms with E-state index in [1.807, 2.05) is 12.1 Å². The van der Waals surface area contributed by atoms with Gasteiger partial charge in [-0.05, 0) is 37.5 Å². The summed E-state index contributed by atoms with van der Waals surface area (Å²) in [6, 6.07) is 8.60. The number of aromatic nitrogens is 3. The number of hydrogen-bond acceptors (Lipinski definition) is 5. The van der Waals surface area contributed by atoms with Gasteiger partial charge in [0.25, 0.3) is 10.0 Å². The summed E-state index contributed by atoms with van der Waals surface area (Å²) in [4.78, 5) is 4.01. The minimum Gasteiger partial charge on any atom is -0.490 e. The number of hydrogen-bond donors (Lipinski definition) is 0. The number of ether oxygens (including phenoxy) is 2. The highest BCUT2D eigenvalue weighted by molar-refractivity contribution is 7.89. The van der Waals surface area contributed by atoms with Gasteiger partial charge in [0, 0.05) is 50.7 Å². The van der Waals surface area contributed by atoms with E-state index in [1.165, 1.54) is 10.5 Å². The summed E-state index contributed by atoms with van der Waals surface area (Å²) in [6.07, 6.45) is 7.58. The predicted octanol–water partition coefficient (Wildman–Crippen LogP) is 2.57. The Balaban J connectivity index is 1.29. The highest BCUT2D eigenvalue weighted by atomic mass is 32.2. The van der Waals surface area contributed by atoms with Gasteiger partial charge in [0.2, 0.25) is 5.16 Å². The van der Waals surface area contributed by atoms with Crippen molar-refractivity contribution in [3.05, 3.63) is 42.9 Å². The topological polar surface area (TPSA) is 78.6 Å². The van der Waals surface area contributed by atoms with Crippen molar-refractivity contribution in [1.29, 1.82) is 0 Å². The van der Waals surface area contributed by atoms with E-state index in [2.05, 4.69) is 27.9 Å². The normalized spacial score (nSPS) is 21.4. The number of aryl methyl sites for hydroxylation is 1. The number of rotatable bonds is 5. The van der Waals surface area contributed by atoms with E-state index in [0.717, 1.165) is 36.3 Å². The fraction of sp³-hybridized carbons (Fsp3) is 0.476. The molecule has 0 N–H and O–H groups in total. The third-order valence-electron chi connectivity index (χ3n) is 6.06. The molecule has 1 aromatic carbocycles. The van der Waals surface area contributed by atoms with Crippen LogP contribution >= 0.6 is 0 Å². The largest absolute Gasteiger partial charge is 0.490 e. The molecule has 3 aromatic rings. The number of benzene rings is 1. The molecule has 160 valence electrons. The van der Waals surface area contributed by atoms with Crippen LogP contribution in [0.3, 0.4) is 0 Å². The first-order valence-electron chi connectivity index (χ1n) is 10.4. The number of nitrogens with zero attached hydrogens (tertiary/aromatic N) is 4. The molecule has 0 bridgehead atoms. The zero-order chi connectivity index (χ0) is 20.7. The summed E-state index contributed by atoms with van der Waals surface area (Å²) < 4.78 is 42.8. The Morgan fingerprint density at radius 2 is 1.97 bits per heavy atom. The van der Waals surface area contributed by atoms with Crippen LogP contribution in [0.2, 0.25) is 0 Å². The van der Waals surface area contributed by atoms with E-state index < -0.39 is 10.0 Å². The van der Waals surface area contributed by atoms with Gasteiger partial charge in [0.05, 0.1) is 18.2 Å². The molecule has 4 heterocycles. The summed E-state index contributed by atoms with van der Waals surface area (Å²) in [7, 11) is -1.88. The lowest BCUT2D eigenvalue weighted by Crippen LogP contribution is -2.42. The van der Waals surface area contributed by atoms with E-state index >= 15 is 0 Å². The van der Waals surface area contributed by atoms with Crippen molar-refractivity contribution in [3.8, 4) is 5.75 Å². The molecule has 2 aliphatic rings. The predicted molar refractivity (Wildman–Crippen MR) is 112 cm³/mol. The fourth-order valence-corrected chi connectivity index (χ4v) is 5.95. The van der Waals surface area contributed by atoms with Crippen LogP contribution in [0.25, 0.3) is 10.9 Å². The van der Waals surface area contributed by atoms with Crippen LogP contribution in [0, 0.1) is 0 Å². The van der Waals surface area contributed by atoms with E-state index in [4.69, 9.17) is 9.47 Å². The van der Waals surface area contributed by atoms with Gasteiger partial charge in [-0.25, -0.2) is 13.4 Å². The molecule has 1 unspecified atom stereocenters. The molecule has 0 spiro atoms. The zero-order valence-electron chi connectivity index (χ0n) is 17.0. The molecule has 1 atom stereocenters. The van der Waals surface area contributed by atoms with Crippen LogP contribution in [-0.4, -0.2) is 59.2 Å². The maximum Gasteiger partial charge on any atom is 0.277 e. The molecule has 0 radical (unpaired) electrons. The molecule has 2 fully saturated rings. The van der Waals surface area contributed by atoms with Crippen LogP contribution in [0.4, 0.5) is 0 Å². The first kappa shape index (κ1) is 19.6. The Morgan fingerprint density at radius 3 is 2.67 bits per heavy atom. The third-order valence-corrected chi connectivity index (χ3v) is 7.96. The van der Waals surface area contributed by atoms with Crippen molar-refractivity contribution in [3.63, 3.8) is 0 Å². The summed E-state index contributed by atoms with van der Waals surface area (Å²) in [5, 5.41) is 1.18. The first-order valence-corrected chi connectivity index (χ1v) is 11.8. The van der Waals surface area contributed by atoms with E-state index in [-0.39, 0.29) is 11.3 Å². The van der Waals surface area contributed by atoms with Crippen LogP contribution in [0.15, 0.2) is 48.0 Å². The molecule has 2 saturated heterocycles. The second-order valence-corrected chi connectivity index (χ2v) is 9.80. The number of fused-ring (bicyclic) bond motifs is 1. The standard InChI is InChI=1S/C21H26N4O4S/c1-23-13-9-22-21(23)30(26,27)24-10-5-17(6-11-24)29-20-4-2-3-19-18(20)7-12-25(19)16-8-14-28-15-16/h2-4,7,9,12-13,16-17H,5-6,8,10-11,14-15H2,1H3. The first-order chi connectivity index (χ1) is 14.5. The Morgan fingerprint density at radius 1 is 1.13 bits per heavy atom. The van der Waals surface area contributed by atoms with E-state index in [0.29, 0.717) is 32.0 Å². The quantitative estimate of drug-likeness (QED) is 0.622. The smallest absolute Gasteiger partial charge is 0.277 e. The second-order valence-electron chi connectivity index (χ2n) is 7.97. The molecule has 0 saturated carbocycles. The Hall–Kier alpha value is -2.36. The van der Waals surface area contributed by atoms with Crippen molar-refractivity contribution < 1.29 is 17.9 Å². The lowest BCUT2D eigenvalue weighted by atomic mass is 10.1. The van der Waals surface area contributed by atoms with Gasteiger partial charge in [-0.1, -0.05) is 6.07 Å². The van der Waals surface area contributed by atoms with Crippen LogP contribution in [0.1, 0.15) is 25.3 Å². The Kier molecular flexibility index (Phi) is 5.04. The number of piperidine rings is 1. The van der Waals surface area contributed by atoms with Gasteiger partial charge in [-0.2, -0.15) is 4.31 Å². The number of sulfonamides is 1. The molecule has 2 aliphatic heterocycles. The van der Waals surface area contributed by atoms with E-state index in [9.17, 15) is 8.42 Å². The van der Waals surface area contributed by atoms with Crippen molar-refractivity contribution in [1.82, 2.24) is 18.4 Å². The summed E-state index contributed by atoms with van der Waals surface area (Å²) in [5.74, 6) is 0.857. The summed E-state index contributed by atoms with van der Waals surface area (Å²) >= 11 is 0. The molecule has 5 rings (SSSR count). The molecule has 2 aromatic heterocycles. The fourth-order valence-electron chi connectivity index (χ4n) is 4.41. The lowest BCUT2D eigenvalue weighted by Gasteiger charge is -2.31.